The highest BCUT2D eigenvalue weighted by atomic mass is 16.2. The van der Waals surface area contributed by atoms with Crippen LogP contribution in [0.5, 0.6) is 0 Å². The molecule has 0 radical (unpaired) electrons. The lowest BCUT2D eigenvalue weighted by Crippen LogP contribution is -2.34. The fourth-order valence-electron chi connectivity index (χ4n) is 1.79. The van der Waals surface area contributed by atoms with Gasteiger partial charge in [0, 0.05) is 5.69 Å². The second-order valence-electron chi connectivity index (χ2n) is 4.81. The van der Waals surface area contributed by atoms with Crippen molar-refractivity contribution < 1.29 is 4.79 Å². The maximum atomic E-state index is 12.3. The number of hydrogen-bond donors (Lipinski definition) is 1. The van der Waals surface area contributed by atoms with Crippen LogP contribution >= 0.6 is 0 Å². The zero-order chi connectivity index (χ0) is 13.0. The lowest BCUT2D eigenvalue weighted by molar-refractivity contribution is -0.120. The Hall–Kier alpha value is -2.09. The molecule has 0 unspecified atom stereocenters. The summed E-state index contributed by atoms with van der Waals surface area (Å²) in [5.41, 5.74) is 1.29. The average molecular weight is 239 g/mol. The van der Waals surface area contributed by atoms with Crippen molar-refractivity contribution in [1.82, 2.24) is 0 Å². The summed E-state index contributed by atoms with van der Waals surface area (Å²) in [5, 5.41) is 2.94. The molecule has 2 heteroatoms. The predicted octanol–water partition coefficient (Wildman–Crippen LogP) is 3.60. The average Bonchev–Trinajstić information content (AvgIpc) is 2.41. The van der Waals surface area contributed by atoms with Crippen LogP contribution in [0, 0.1) is 0 Å². The number of amides is 1. The summed E-state index contributed by atoms with van der Waals surface area (Å²) in [6.45, 7) is 3.86. The van der Waals surface area contributed by atoms with Crippen LogP contribution in [0.3, 0.4) is 0 Å². The van der Waals surface area contributed by atoms with Gasteiger partial charge in [-0.1, -0.05) is 48.5 Å². The molecule has 0 saturated carbocycles. The zero-order valence-corrected chi connectivity index (χ0v) is 10.7. The van der Waals surface area contributed by atoms with Gasteiger partial charge in [0.2, 0.25) is 5.91 Å². The number of anilines is 1. The Morgan fingerprint density at radius 3 is 1.94 bits per heavy atom. The van der Waals surface area contributed by atoms with Gasteiger partial charge in [0.15, 0.2) is 0 Å². The Kier molecular flexibility index (Phi) is 3.47. The molecule has 0 aliphatic rings. The van der Waals surface area contributed by atoms with Crippen LogP contribution in [0.1, 0.15) is 19.4 Å². The normalized spacial score (nSPS) is 11.0. The first kappa shape index (κ1) is 12.4. The summed E-state index contributed by atoms with van der Waals surface area (Å²) in [4.78, 5) is 12.3. The van der Waals surface area contributed by atoms with E-state index in [0.717, 1.165) is 11.3 Å². The quantitative estimate of drug-likeness (QED) is 0.871. The molecule has 0 atom stereocenters. The van der Waals surface area contributed by atoms with Crippen molar-refractivity contribution >= 4 is 11.6 Å². The highest BCUT2D eigenvalue weighted by molar-refractivity contribution is 5.98. The van der Waals surface area contributed by atoms with E-state index in [-0.39, 0.29) is 5.91 Å². The molecule has 1 N–H and O–H groups in total. The molecule has 92 valence electrons. The van der Waals surface area contributed by atoms with E-state index in [0.29, 0.717) is 0 Å². The van der Waals surface area contributed by atoms with Gasteiger partial charge in [-0.15, -0.1) is 0 Å². The van der Waals surface area contributed by atoms with Crippen LogP contribution in [-0.4, -0.2) is 5.91 Å². The van der Waals surface area contributed by atoms with Crippen LogP contribution in [0.2, 0.25) is 0 Å². The number of rotatable bonds is 3. The molecule has 2 aromatic carbocycles. The summed E-state index contributed by atoms with van der Waals surface area (Å²) in [6.07, 6.45) is 0. The molecule has 0 aliphatic heterocycles. The Morgan fingerprint density at radius 2 is 1.39 bits per heavy atom. The topological polar surface area (TPSA) is 29.1 Å². The van der Waals surface area contributed by atoms with Gasteiger partial charge in [-0.05, 0) is 31.5 Å². The fourth-order valence-corrected chi connectivity index (χ4v) is 1.79. The molecule has 2 rings (SSSR count). The van der Waals surface area contributed by atoms with Gasteiger partial charge < -0.3 is 5.32 Å². The Morgan fingerprint density at radius 1 is 0.889 bits per heavy atom. The Bertz CT molecular complexity index is 517. The van der Waals surface area contributed by atoms with Crippen molar-refractivity contribution in [2.45, 2.75) is 19.3 Å². The van der Waals surface area contributed by atoms with Crippen molar-refractivity contribution in [2.75, 3.05) is 5.32 Å². The summed E-state index contributed by atoms with van der Waals surface area (Å²) in [6, 6.07) is 19.3. The van der Waals surface area contributed by atoms with Crippen LogP contribution in [-0.2, 0) is 10.2 Å². The van der Waals surface area contributed by atoms with Crippen molar-refractivity contribution in [3.8, 4) is 0 Å². The third kappa shape index (κ3) is 2.59. The monoisotopic (exact) mass is 239 g/mol. The number of carbonyl (C=O) groups excluding carboxylic acids is 1. The van der Waals surface area contributed by atoms with Crippen molar-refractivity contribution in [2.24, 2.45) is 0 Å². The first-order chi connectivity index (χ1) is 8.60. The van der Waals surface area contributed by atoms with Crippen LogP contribution < -0.4 is 5.32 Å². The highest BCUT2D eigenvalue weighted by Gasteiger charge is 2.29. The van der Waals surface area contributed by atoms with Gasteiger partial charge in [-0.2, -0.15) is 0 Å². The van der Waals surface area contributed by atoms with Gasteiger partial charge in [0.05, 0.1) is 5.41 Å². The third-order valence-electron chi connectivity index (χ3n) is 3.09. The van der Waals surface area contributed by atoms with Gasteiger partial charge in [0.1, 0.15) is 0 Å². The highest BCUT2D eigenvalue weighted by Crippen LogP contribution is 2.24. The SMILES string of the molecule is CC(C)(C(=O)Nc1ccccc1)c1ccccc1. The molecule has 0 aliphatic carbocycles. The molecular weight excluding hydrogens is 222 g/mol. The summed E-state index contributed by atoms with van der Waals surface area (Å²) in [7, 11) is 0. The van der Waals surface area contributed by atoms with Crippen molar-refractivity contribution in [1.29, 1.82) is 0 Å². The Balaban J connectivity index is 2.18. The first-order valence-corrected chi connectivity index (χ1v) is 6.03. The van der Waals surface area contributed by atoms with E-state index in [2.05, 4.69) is 5.32 Å². The molecule has 0 aromatic heterocycles. The Labute approximate surface area is 108 Å². The summed E-state index contributed by atoms with van der Waals surface area (Å²) < 4.78 is 0. The summed E-state index contributed by atoms with van der Waals surface area (Å²) >= 11 is 0. The van der Waals surface area contributed by atoms with E-state index in [9.17, 15) is 4.79 Å². The zero-order valence-electron chi connectivity index (χ0n) is 10.7. The number of hydrogen-bond acceptors (Lipinski definition) is 1. The number of benzene rings is 2. The van der Waals surface area contributed by atoms with Crippen molar-refractivity contribution in [3.63, 3.8) is 0 Å². The van der Waals surface area contributed by atoms with Crippen LogP contribution in [0.25, 0.3) is 0 Å². The van der Waals surface area contributed by atoms with E-state index in [4.69, 9.17) is 0 Å². The van der Waals surface area contributed by atoms with Crippen LogP contribution in [0.15, 0.2) is 60.7 Å². The van der Waals surface area contributed by atoms with E-state index in [1.807, 2.05) is 74.5 Å². The minimum atomic E-state index is -0.545. The molecule has 1 amide bonds. The first-order valence-electron chi connectivity index (χ1n) is 6.03. The molecule has 18 heavy (non-hydrogen) atoms. The van der Waals surface area contributed by atoms with Gasteiger partial charge >= 0.3 is 0 Å². The van der Waals surface area contributed by atoms with Crippen molar-refractivity contribution in [3.05, 3.63) is 66.2 Å². The molecule has 0 saturated heterocycles. The lowest BCUT2D eigenvalue weighted by Gasteiger charge is -2.24. The van der Waals surface area contributed by atoms with Crippen LogP contribution in [0.4, 0.5) is 5.69 Å². The second-order valence-corrected chi connectivity index (χ2v) is 4.81. The maximum absolute atomic E-state index is 12.3. The van der Waals surface area contributed by atoms with E-state index in [1.165, 1.54) is 0 Å². The van der Waals surface area contributed by atoms with Gasteiger partial charge in [-0.3, -0.25) is 4.79 Å². The number of carbonyl (C=O) groups is 1. The molecule has 0 bridgehead atoms. The van der Waals surface area contributed by atoms with E-state index in [1.54, 1.807) is 0 Å². The van der Waals surface area contributed by atoms with Gasteiger partial charge in [0.25, 0.3) is 0 Å². The standard InChI is InChI=1S/C16H17NO/c1-16(2,13-9-5-3-6-10-13)15(18)17-14-11-7-4-8-12-14/h3-12H,1-2H3,(H,17,18). The summed E-state index contributed by atoms with van der Waals surface area (Å²) in [5.74, 6) is -0.0000926. The largest absolute Gasteiger partial charge is 0.325 e. The molecule has 2 aromatic rings. The minimum Gasteiger partial charge on any atom is -0.325 e. The second kappa shape index (κ2) is 5.05. The lowest BCUT2D eigenvalue weighted by atomic mass is 9.83. The molecule has 0 heterocycles. The molecular formula is C16H17NO. The maximum Gasteiger partial charge on any atom is 0.234 e. The molecule has 0 spiro atoms. The minimum absolute atomic E-state index is 0.0000926. The molecule has 2 nitrogen and oxygen atoms in total. The number of para-hydroxylation sites is 1. The van der Waals surface area contributed by atoms with E-state index >= 15 is 0 Å². The third-order valence-corrected chi connectivity index (χ3v) is 3.09. The predicted molar refractivity (Wildman–Crippen MR) is 74.5 cm³/mol. The smallest absolute Gasteiger partial charge is 0.234 e. The van der Waals surface area contributed by atoms with E-state index < -0.39 is 5.41 Å². The fraction of sp³-hybridized carbons (Fsp3) is 0.188. The number of nitrogens with one attached hydrogen (secondary N) is 1. The van der Waals surface area contributed by atoms with Gasteiger partial charge in [-0.25, -0.2) is 0 Å². The molecule has 0 fully saturated rings.